The molecule has 3 N–H and O–H groups in total. The summed E-state index contributed by atoms with van der Waals surface area (Å²) in [4.78, 5) is 0. The normalized spacial score (nSPS) is 20.1. The zero-order valence-electron chi connectivity index (χ0n) is 9.30. The Labute approximate surface area is 87.4 Å². The van der Waals surface area contributed by atoms with Crippen LogP contribution < -0.4 is 11.1 Å². The maximum Gasteiger partial charge on any atom is 0.0465 e. The summed E-state index contributed by atoms with van der Waals surface area (Å²) in [5.74, 6) is 0.579. The van der Waals surface area contributed by atoms with Crippen LogP contribution in [0.25, 0.3) is 0 Å². The minimum atomic E-state index is 0.579. The third kappa shape index (κ3) is 4.40. The second-order valence-corrected chi connectivity index (χ2v) is 4.27. The van der Waals surface area contributed by atoms with Gasteiger partial charge >= 0.3 is 0 Å². The molecule has 1 atom stereocenters. The zero-order valence-corrected chi connectivity index (χ0v) is 9.30. The summed E-state index contributed by atoms with van der Waals surface area (Å²) in [6.45, 7) is 2.65. The average molecular weight is 200 g/mol. The SMILES string of the molecule is COCCC(CN)CNC1CCCC1. The summed E-state index contributed by atoms with van der Waals surface area (Å²) in [5, 5.41) is 3.61. The van der Waals surface area contributed by atoms with Gasteiger partial charge in [-0.1, -0.05) is 12.8 Å². The molecule has 0 radical (unpaired) electrons. The van der Waals surface area contributed by atoms with Crippen LogP contribution in [0.15, 0.2) is 0 Å². The van der Waals surface area contributed by atoms with Gasteiger partial charge in [-0.15, -0.1) is 0 Å². The first-order chi connectivity index (χ1) is 6.86. The number of nitrogens with one attached hydrogen (secondary N) is 1. The summed E-state index contributed by atoms with van der Waals surface area (Å²) >= 11 is 0. The summed E-state index contributed by atoms with van der Waals surface area (Å²) in [6, 6.07) is 0.756. The Morgan fingerprint density at radius 2 is 2.14 bits per heavy atom. The lowest BCUT2D eigenvalue weighted by Gasteiger charge is -2.18. The van der Waals surface area contributed by atoms with Gasteiger partial charge in [-0.25, -0.2) is 0 Å². The molecule has 0 aromatic rings. The minimum Gasteiger partial charge on any atom is -0.385 e. The first kappa shape index (κ1) is 12.0. The molecule has 0 aromatic heterocycles. The highest BCUT2D eigenvalue weighted by Gasteiger charge is 2.15. The Bertz CT molecular complexity index is 135. The molecule has 1 unspecified atom stereocenters. The van der Waals surface area contributed by atoms with Crippen LogP contribution in [-0.4, -0.2) is 32.8 Å². The van der Waals surface area contributed by atoms with E-state index in [2.05, 4.69) is 5.32 Å². The smallest absolute Gasteiger partial charge is 0.0465 e. The van der Waals surface area contributed by atoms with Gasteiger partial charge in [0.15, 0.2) is 0 Å². The number of methoxy groups -OCH3 is 1. The van der Waals surface area contributed by atoms with E-state index in [1.165, 1.54) is 25.7 Å². The topological polar surface area (TPSA) is 47.3 Å². The van der Waals surface area contributed by atoms with E-state index >= 15 is 0 Å². The highest BCUT2D eigenvalue weighted by atomic mass is 16.5. The van der Waals surface area contributed by atoms with Crippen molar-refractivity contribution in [1.29, 1.82) is 0 Å². The van der Waals surface area contributed by atoms with Crippen molar-refractivity contribution >= 4 is 0 Å². The molecule has 84 valence electrons. The highest BCUT2D eigenvalue weighted by molar-refractivity contribution is 4.75. The first-order valence-corrected chi connectivity index (χ1v) is 5.79. The molecular formula is C11H24N2O. The van der Waals surface area contributed by atoms with E-state index in [0.717, 1.165) is 32.2 Å². The average Bonchev–Trinajstić information content (AvgIpc) is 2.71. The predicted octanol–water partition coefficient (Wildman–Crippen LogP) is 1.13. The number of hydrogen-bond acceptors (Lipinski definition) is 3. The van der Waals surface area contributed by atoms with E-state index in [0.29, 0.717) is 5.92 Å². The highest BCUT2D eigenvalue weighted by Crippen LogP contribution is 2.17. The molecule has 1 aliphatic rings. The van der Waals surface area contributed by atoms with Gasteiger partial charge in [0.1, 0.15) is 0 Å². The van der Waals surface area contributed by atoms with Gasteiger partial charge in [-0.05, 0) is 38.3 Å². The fraction of sp³-hybridized carbons (Fsp3) is 1.00. The number of rotatable bonds is 7. The van der Waals surface area contributed by atoms with Gasteiger partial charge in [0.05, 0.1) is 0 Å². The van der Waals surface area contributed by atoms with Crippen LogP contribution in [0.2, 0.25) is 0 Å². The Hall–Kier alpha value is -0.120. The van der Waals surface area contributed by atoms with E-state index in [9.17, 15) is 0 Å². The van der Waals surface area contributed by atoms with E-state index in [1.54, 1.807) is 7.11 Å². The Balaban J connectivity index is 2.06. The molecule has 1 rings (SSSR count). The Morgan fingerprint density at radius 3 is 2.71 bits per heavy atom. The molecule has 0 spiro atoms. The fourth-order valence-corrected chi connectivity index (χ4v) is 2.05. The summed E-state index contributed by atoms with van der Waals surface area (Å²) < 4.78 is 5.06. The van der Waals surface area contributed by atoms with Crippen molar-refractivity contribution in [3.8, 4) is 0 Å². The van der Waals surface area contributed by atoms with Crippen LogP contribution in [0.5, 0.6) is 0 Å². The minimum absolute atomic E-state index is 0.579. The molecular weight excluding hydrogens is 176 g/mol. The molecule has 14 heavy (non-hydrogen) atoms. The predicted molar refractivity (Wildman–Crippen MR) is 59.3 cm³/mol. The molecule has 3 nitrogen and oxygen atoms in total. The van der Waals surface area contributed by atoms with Crippen LogP contribution in [0.1, 0.15) is 32.1 Å². The first-order valence-electron chi connectivity index (χ1n) is 5.79. The fourth-order valence-electron chi connectivity index (χ4n) is 2.05. The van der Waals surface area contributed by atoms with Crippen molar-refractivity contribution in [2.45, 2.75) is 38.1 Å². The summed E-state index contributed by atoms with van der Waals surface area (Å²) in [5.41, 5.74) is 5.70. The molecule has 1 saturated carbocycles. The van der Waals surface area contributed by atoms with Crippen molar-refractivity contribution in [3.05, 3.63) is 0 Å². The van der Waals surface area contributed by atoms with E-state index < -0.39 is 0 Å². The zero-order chi connectivity index (χ0) is 10.2. The van der Waals surface area contributed by atoms with E-state index in [-0.39, 0.29) is 0 Å². The largest absolute Gasteiger partial charge is 0.385 e. The quantitative estimate of drug-likeness (QED) is 0.647. The van der Waals surface area contributed by atoms with E-state index in [1.807, 2.05) is 0 Å². The third-order valence-corrected chi connectivity index (χ3v) is 3.11. The van der Waals surface area contributed by atoms with Gasteiger partial charge in [0, 0.05) is 19.8 Å². The van der Waals surface area contributed by atoms with Gasteiger partial charge < -0.3 is 15.8 Å². The van der Waals surface area contributed by atoms with Crippen molar-refractivity contribution in [2.75, 3.05) is 26.8 Å². The lowest BCUT2D eigenvalue weighted by molar-refractivity contribution is 0.176. The summed E-state index contributed by atoms with van der Waals surface area (Å²) in [7, 11) is 1.75. The van der Waals surface area contributed by atoms with Gasteiger partial charge in [-0.3, -0.25) is 0 Å². The van der Waals surface area contributed by atoms with Gasteiger partial charge in [0.25, 0.3) is 0 Å². The van der Waals surface area contributed by atoms with Crippen LogP contribution >= 0.6 is 0 Å². The van der Waals surface area contributed by atoms with Crippen LogP contribution in [-0.2, 0) is 4.74 Å². The maximum atomic E-state index is 5.70. The standard InChI is InChI=1S/C11H24N2O/c1-14-7-6-10(8-12)9-13-11-4-2-3-5-11/h10-11,13H,2-9,12H2,1H3. The second kappa shape index (κ2) is 7.21. The maximum absolute atomic E-state index is 5.70. The lowest BCUT2D eigenvalue weighted by atomic mass is 10.1. The molecule has 3 heteroatoms. The summed E-state index contributed by atoms with van der Waals surface area (Å²) in [6.07, 6.45) is 6.56. The van der Waals surface area contributed by atoms with Crippen molar-refractivity contribution in [3.63, 3.8) is 0 Å². The van der Waals surface area contributed by atoms with Crippen LogP contribution in [0.3, 0.4) is 0 Å². The Kier molecular flexibility index (Phi) is 6.15. The van der Waals surface area contributed by atoms with Crippen molar-refractivity contribution in [1.82, 2.24) is 5.32 Å². The third-order valence-electron chi connectivity index (χ3n) is 3.11. The number of hydrogen-bond donors (Lipinski definition) is 2. The molecule has 0 bridgehead atoms. The van der Waals surface area contributed by atoms with E-state index in [4.69, 9.17) is 10.5 Å². The van der Waals surface area contributed by atoms with Gasteiger partial charge in [0.2, 0.25) is 0 Å². The van der Waals surface area contributed by atoms with Gasteiger partial charge in [-0.2, -0.15) is 0 Å². The Morgan fingerprint density at radius 1 is 1.43 bits per heavy atom. The molecule has 0 aromatic carbocycles. The monoisotopic (exact) mass is 200 g/mol. The lowest BCUT2D eigenvalue weighted by Crippen LogP contribution is -2.34. The number of ether oxygens (including phenoxy) is 1. The molecule has 1 fully saturated rings. The van der Waals surface area contributed by atoms with Crippen LogP contribution in [0, 0.1) is 5.92 Å². The molecule has 0 amide bonds. The molecule has 0 saturated heterocycles. The van der Waals surface area contributed by atoms with Crippen molar-refractivity contribution < 1.29 is 4.74 Å². The molecule has 1 aliphatic carbocycles. The number of nitrogens with two attached hydrogens (primary N) is 1. The second-order valence-electron chi connectivity index (χ2n) is 4.27. The van der Waals surface area contributed by atoms with Crippen LogP contribution in [0.4, 0.5) is 0 Å². The van der Waals surface area contributed by atoms with Crippen molar-refractivity contribution in [2.24, 2.45) is 11.7 Å². The molecule has 0 heterocycles. The molecule has 0 aliphatic heterocycles.